The van der Waals surface area contributed by atoms with E-state index in [1.54, 1.807) is 12.4 Å². The summed E-state index contributed by atoms with van der Waals surface area (Å²) in [6.07, 6.45) is 3.50. The highest BCUT2D eigenvalue weighted by Gasteiger charge is 2.30. The van der Waals surface area contributed by atoms with Gasteiger partial charge in [-0.15, -0.1) is 0 Å². The van der Waals surface area contributed by atoms with Gasteiger partial charge in [-0.2, -0.15) is 0 Å². The molecule has 2 aromatic rings. The number of pyridine rings is 2. The van der Waals surface area contributed by atoms with E-state index in [0.717, 1.165) is 22.5 Å². The van der Waals surface area contributed by atoms with Crippen LogP contribution < -0.4 is 11.5 Å². The summed E-state index contributed by atoms with van der Waals surface area (Å²) in [5.74, 6) is 0. The molecule has 3 rings (SSSR count). The second-order valence-corrected chi connectivity index (χ2v) is 3.93. The monoisotopic (exact) mass is 212 g/mol. The van der Waals surface area contributed by atoms with Gasteiger partial charge in [0.25, 0.3) is 0 Å². The van der Waals surface area contributed by atoms with Crippen LogP contribution in [0, 0.1) is 0 Å². The quantitative estimate of drug-likeness (QED) is 0.686. The minimum atomic E-state index is -0.208. The zero-order chi connectivity index (χ0) is 11.1. The normalized spacial score (nSPS) is 22.4. The Labute approximate surface area is 93.3 Å². The van der Waals surface area contributed by atoms with E-state index in [4.69, 9.17) is 11.5 Å². The van der Waals surface area contributed by atoms with Crippen molar-refractivity contribution < 1.29 is 0 Å². The molecule has 0 aromatic carbocycles. The first-order valence-corrected chi connectivity index (χ1v) is 5.20. The highest BCUT2D eigenvalue weighted by Crippen LogP contribution is 2.39. The Morgan fingerprint density at radius 1 is 0.812 bits per heavy atom. The van der Waals surface area contributed by atoms with Gasteiger partial charge in [-0.3, -0.25) is 9.97 Å². The van der Waals surface area contributed by atoms with Crippen LogP contribution in [-0.4, -0.2) is 9.97 Å². The third kappa shape index (κ3) is 1.17. The molecule has 2 heterocycles. The van der Waals surface area contributed by atoms with Gasteiger partial charge in [0.05, 0.1) is 23.5 Å². The van der Waals surface area contributed by atoms with E-state index >= 15 is 0 Å². The van der Waals surface area contributed by atoms with Crippen molar-refractivity contribution in [2.75, 3.05) is 0 Å². The highest BCUT2D eigenvalue weighted by atomic mass is 14.9. The van der Waals surface area contributed by atoms with E-state index in [-0.39, 0.29) is 12.1 Å². The third-order valence-corrected chi connectivity index (χ3v) is 3.01. The summed E-state index contributed by atoms with van der Waals surface area (Å²) >= 11 is 0. The second-order valence-electron chi connectivity index (χ2n) is 3.93. The molecule has 0 unspecified atom stereocenters. The maximum absolute atomic E-state index is 6.11. The summed E-state index contributed by atoms with van der Waals surface area (Å²) in [6, 6.07) is 7.26. The van der Waals surface area contributed by atoms with Crippen LogP contribution in [0.15, 0.2) is 36.7 Å². The molecule has 80 valence electrons. The molecular formula is C12H12N4. The predicted octanol–water partition coefficient (Wildman–Crippen LogP) is 1.16. The smallest absolute Gasteiger partial charge is 0.0937 e. The zero-order valence-corrected chi connectivity index (χ0v) is 8.67. The molecule has 2 aromatic heterocycles. The van der Waals surface area contributed by atoms with Crippen molar-refractivity contribution >= 4 is 0 Å². The van der Waals surface area contributed by atoms with Crippen LogP contribution in [0.1, 0.15) is 23.2 Å². The molecule has 1 aliphatic carbocycles. The van der Waals surface area contributed by atoms with Crippen molar-refractivity contribution in [3.63, 3.8) is 0 Å². The van der Waals surface area contributed by atoms with Crippen molar-refractivity contribution in [1.82, 2.24) is 9.97 Å². The molecule has 0 bridgehead atoms. The van der Waals surface area contributed by atoms with Gasteiger partial charge in [-0.25, -0.2) is 0 Å². The number of aromatic nitrogens is 2. The molecule has 0 fully saturated rings. The predicted molar refractivity (Wildman–Crippen MR) is 61.3 cm³/mol. The Bertz CT molecular complexity index is 489. The molecule has 0 spiro atoms. The Morgan fingerprint density at radius 3 is 1.69 bits per heavy atom. The van der Waals surface area contributed by atoms with E-state index < -0.39 is 0 Å². The third-order valence-electron chi connectivity index (χ3n) is 3.01. The first-order valence-electron chi connectivity index (χ1n) is 5.20. The van der Waals surface area contributed by atoms with Crippen molar-refractivity contribution in [3.8, 4) is 11.4 Å². The van der Waals surface area contributed by atoms with Gasteiger partial charge in [0, 0.05) is 12.4 Å². The molecule has 0 radical (unpaired) electrons. The second kappa shape index (κ2) is 3.37. The van der Waals surface area contributed by atoms with Crippen molar-refractivity contribution in [3.05, 3.63) is 47.8 Å². The van der Waals surface area contributed by atoms with Gasteiger partial charge >= 0.3 is 0 Å². The first-order chi connectivity index (χ1) is 7.79. The SMILES string of the molecule is N[C@@H]1c2cccnc2-c2ncccc2[C@H]1N. The molecule has 4 N–H and O–H groups in total. The van der Waals surface area contributed by atoms with Gasteiger partial charge in [0.2, 0.25) is 0 Å². The van der Waals surface area contributed by atoms with Gasteiger partial charge in [0.15, 0.2) is 0 Å². The summed E-state index contributed by atoms with van der Waals surface area (Å²) in [6.45, 7) is 0. The Kier molecular flexibility index (Phi) is 1.99. The van der Waals surface area contributed by atoms with Gasteiger partial charge in [0.1, 0.15) is 0 Å². The molecule has 4 nitrogen and oxygen atoms in total. The lowest BCUT2D eigenvalue weighted by atomic mass is 9.85. The largest absolute Gasteiger partial charge is 0.322 e. The number of nitrogens with zero attached hydrogens (tertiary/aromatic N) is 2. The number of rotatable bonds is 0. The minimum Gasteiger partial charge on any atom is -0.322 e. The topological polar surface area (TPSA) is 77.8 Å². The summed E-state index contributed by atoms with van der Waals surface area (Å²) in [7, 11) is 0. The van der Waals surface area contributed by atoms with E-state index in [9.17, 15) is 0 Å². The molecule has 4 heteroatoms. The van der Waals surface area contributed by atoms with Crippen LogP contribution in [0.3, 0.4) is 0 Å². The summed E-state index contributed by atoms with van der Waals surface area (Å²) in [4.78, 5) is 8.69. The molecule has 0 saturated carbocycles. The average molecular weight is 212 g/mol. The highest BCUT2D eigenvalue weighted by molar-refractivity contribution is 5.67. The number of hydrogen-bond acceptors (Lipinski definition) is 4. The lowest BCUT2D eigenvalue weighted by Crippen LogP contribution is -2.31. The van der Waals surface area contributed by atoms with Crippen LogP contribution in [0.2, 0.25) is 0 Å². The Balaban J connectivity index is 2.33. The van der Waals surface area contributed by atoms with Gasteiger partial charge < -0.3 is 11.5 Å². The molecule has 0 saturated heterocycles. The number of hydrogen-bond donors (Lipinski definition) is 2. The van der Waals surface area contributed by atoms with E-state index in [1.165, 1.54) is 0 Å². The van der Waals surface area contributed by atoms with Crippen LogP contribution >= 0.6 is 0 Å². The van der Waals surface area contributed by atoms with Crippen LogP contribution in [0.5, 0.6) is 0 Å². The lowest BCUT2D eigenvalue weighted by molar-refractivity contribution is 0.563. The minimum absolute atomic E-state index is 0.208. The molecule has 0 amide bonds. The van der Waals surface area contributed by atoms with Gasteiger partial charge in [-0.05, 0) is 23.3 Å². The van der Waals surface area contributed by atoms with E-state index in [1.807, 2.05) is 24.3 Å². The molecule has 0 aliphatic heterocycles. The zero-order valence-electron chi connectivity index (χ0n) is 8.67. The van der Waals surface area contributed by atoms with Crippen molar-refractivity contribution in [1.29, 1.82) is 0 Å². The molecule has 16 heavy (non-hydrogen) atoms. The summed E-state index contributed by atoms with van der Waals surface area (Å²) in [5.41, 5.74) is 15.9. The van der Waals surface area contributed by atoms with Crippen LogP contribution in [0.25, 0.3) is 11.4 Å². The maximum Gasteiger partial charge on any atom is 0.0937 e. The summed E-state index contributed by atoms with van der Waals surface area (Å²) < 4.78 is 0. The van der Waals surface area contributed by atoms with E-state index in [2.05, 4.69) is 9.97 Å². The maximum atomic E-state index is 6.11. The number of fused-ring (bicyclic) bond motifs is 3. The molecular weight excluding hydrogens is 200 g/mol. The van der Waals surface area contributed by atoms with Crippen LogP contribution in [0.4, 0.5) is 0 Å². The van der Waals surface area contributed by atoms with Crippen molar-refractivity contribution in [2.24, 2.45) is 11.5 Å². The fourth-order valence-electron chi connectivity index (χ4n) is 2.16. The van der Waals surface area contributed by atoms with E-state index in [0.29, 0.717) is 0 Å². The summed E-state index contributed by atoms with van der Waals surface area (Å²) in [5, 5.41) is 0. The Morgan fingerprint density at radius 2 is 1.25 bits per heavy atom. The molecule has 1 aliphatic rings. The Hall–Kier alpha value is -1.78. The number of nitrogens with two attached hydrogens (primary N) is 2. The van der Waals surface area contributed by atoms with Gasteiger partial charge in [-0.1, -0.05) is 12.1 Å². The average Bonchev–Trinajstić information content (AvgIpc) is 2.36. The standard InChI is InChI=1S/C12H12N4/c13-9-7-3-1-5-15-11(7)12-8(10(9)14)4-2-6-16-12/h1-6,9-10H,13-14H2/t9-,10-/m1/s1. The molecule has 2 atom stereocenters. The lowest BCUT2D eigenvalue weighted by Gasteiger charge is -2.28. The fraction of sp³-hybridized carbons (Fsp3) is 0.167. The van der Waals surface area contributed by atoms with Crippen LogP contribution in [-0.2, 0) is 0 Å². The first kappa shape index (κ1) is 9.45. The van der Waals surface area contributed by atoms with Crippen molar-refractivity contribution in [2.45, 2.75) is 12.1 Å². The fourth-order valence-corrected chi connectivity index (χ4v) is 2.16.